The van der Waals surface area contributed by atoms with Gasteiger partial charge in [-0.25, -0.2) is 9.98 Å². The molecule has 2 heterocycles. The molecule has 23 heavy (non-hydrogen) atoms. The number of aromatic nitrogens is 3. The van der Waals surface area contributed by atoms with Gasteiger partial charge in [0.05, 0.1) is 13.2 Å². The average Bonchev–Trinajstić information content (AvgIpc) is 2.95. The number of morpholine rings is 1. The number of ether oxygens (including phenoxy) is 1. The molecule has 2 N–H and O–H groups in total. The number of hydrogen-bond acceptors (Lipinski definition) is 5. The first-order chi connectivity index (χ1) is 11.1. The van der Waals surface area contributed by atoms with Crippen molar-refractivity contribution in [1.82, 2.24) is 30.3 Å². The fourth-order valence-electron chi connectivity index (χ4n) is 2.71. The number of nitrogens with one attached hydrogen (secondary N) is 2. The van der Waals surface area contributed by atoms with Crippen molar-refractivity contribution in [3.8, 4) is 0 Å². The molecule has 2 rings (SSSR count). The zero-order valence-electron chi connectivity index (χ0n) is 14.6. The van der Waals surface area contributed by atoms with Crippen molar-refractivity contribution in [2.45, 2.75) is 39.4 Å². The fourth-order valence-corrected chi connectivity index (χ4v) is 2.71. The number of nitrogens with zero attached hydrogens (tertiary/aromatic N) is 5. The molecule has 0 saturated carbocycles. The van der Waals surface area contributed by atoms with Crippen molar-refractivity contribution in [3.05, 3.63) is 12.2 Å². The Kier molecular flexibility index (Phi) is 6.79. The van der Waals surface area contributed by atoms with Crippen LogP contribution in [0.1, 0.15) is 26.6 Å². The van der Waals surface area contributed by atoms with E-state index in [-0.39, 0.29) is 0 Å². The van der Waals surface area contributed by atoms with Gasteiger partial charge in [-0.05, 0) is 20.8 Å². The summed E-state index contributed by atoms with van der Waals surface area (Å²) in [5.74, 6) is 1.65. The lowest BCUT2D eigenvalue weighted by atomic mass is 10.2. The molecule has 1 aromatic heterocycles. The van der Waals surface area contributed by atoms with E-state index >= 15 is 0 Å². The topological polar surface area (TPSA) is 79.6 Å². The number of aryl methyl sites for hydroxylation is 1. The highest BCUT2D eigenvalue weighted by Gasteiger charge is 2.23. The van der Waals surface area contributed by atoms with E-state index in [4.69, 9.17) is 4.74 Å². The molecule has 1 aliphatic heterocycles. The Balaban J connectivity index is 1.87. The quantitative estimate of drug-likeness (QED) is 0.566. The second-order valence-corrected chi connectivity index (χ2v) is 5.89. The highest BCUT2D eigenvalue weighted by Crippen LogP contribution is 2.10. The second kappa shape index (κ2) is 8.83. The number of hydrogen-bond donors (Lipinski definition) is 2. The first-order valence-corrected chi connectivity index (χ1v) is 8.30. The van der Waals surface area contributed by atoms with Crippen molar-refractivity contribution in [2.75, 3.05) is 32.8 Å². The molecule has 8 heteroatoms. The smallest absolute Gasteiger partial charge is 0.191 e. The number of rotatable bonds is 6. The monoisotopic (exact) mass is 323 g/mol. The van der Waals surface area contributed by atoms with Gasteiger partial charge in [-0.3, -0.25) is 9.58 Å². The Bertz CT molecular complexity index is 502. The van der Waals surface area contributed by atoms with E-state index < -0.39 is 0 Å². The van der Waals surface area contributed by atoms with E-state index in [1.807, 2.05) is 7.05 Å². The van der Waals surface area contributed by atoms with Gasteiger partial charge in [0.1, 0.15) is 18.7 Å². The van der Waals surface area contributed by atoms with Gasteiger partial charge in [0.25, 0.3) is 0 Å². The first-order valence-electron chi connectivity index (χ1n) is 8.30. The lowest BCUT2D eigenvalue weighted by Gasteiger charge is -2.38. The van der Waals surface area contributed by atoms with E-state index in [1.54, 1.807) is 11.0 Å². The minimum absolute atomic E-state index is 0.424. The molecule has 0 amide bonds. The van der Waals surface area contributed by atoms with Crippen molar-refractivity contribution in [2.24, 2.45) is 12.0 Å². The van der Waals surface area contributed by atoms with Crippen molar-refractivity contribution < 1.29 is 4.74 Å². The largest absolute Gasteiger partial charge is 0.379 e. The van der Waals surface area contributed by atoms with Crippen LogP contribution in [0.4, 0.5) is 0 Å². The summed E-state index contributed by atoms with van der Waals surface area (Å²) in [6, 6.07) is 0.881. The van der Waals surface area contributed by atoms with Crippen molar-refractivity contribution in [1.29, 1.82) is 0 Å². The van der Waals surface area contributed by atoms with Crippen LogP contribution in [-0.2, 0) is 18.3 Å². The third-order valence-electron chi connectivity index (χ3n) is 4.08. The predicted molar refractivity (Wildman–Crippen MR) is 90.3 cm³/mol. The molecule has 2 unspecified atom stereocenters. The molecule has 1 saturated heterocycles. The summed E-state index contributed by atoms with van der Waals surface area (Å²) in [7, 11) is 1.88. The number of guanidine groups is 1. The Morgan fingerprint density at radius 2 is 2.35 bits per heavy atom. The molecule has 1 aromatic rings. The second-order valence-electron chi connectivity index (χ2n) is 5.89. The van der Waals surface area contributed by atoms with Gasteiger partial charge in [0, 0.05) is 38.8 Å². The molecule has 1 aliphatic rings. The molecular formula is C15H29N7O. The standard InChI is InChI=1S/C15H29N7O/c1-5-16-15(18-9-14-19-11-20-21(14)4)17-8-12(2)22-6-7-23-10-13(22)3/h11-13H,5-10H2,1-4H3,(H2,16,17,18). The zero-order chi connectivity index (χ0) is 16.7. The molecule has 0 aliphatic carbocycles. The lowest BCUT2D eigenvalue weighted by molar-refractivity contribution is -0.0174. The normalized spacial score (nSPS) is 21.2. The summed E-state index contributed by atoms with van der Waals surface area (Å²) in [5, 5.41) is 10.8. The van der Waals surface area contributed by atoms with Crippen LogP contribution in [0.2, 0.25) is 0 Å². The van der Waals surface area contributed by atoms with E-state index in [2.05, 4.69) is 51.4 Å². The SMILES string of the molecule is CCNC(=NCc1ncnn1C)NCC(C)N1CCOCC1C. The minimum Gasteiger partial charge on any atom is -0.379 e. The van der Waals surface area contributed by atoms with Crippen LogP contribution in [0.25, 0.3) is 0 Å². The maximum Gasteiger partial charge on any atom is 0.191 e. The third-order valence-corrected chi connectivity index (χ3v) is 4.08. The molecule has 8 nitrogen and oxygen atoms in total. The van der Waals surface area contributed by atoms with Crippen LogP contribution in [0.3, 0.4) is 0 Å². The molecule has 0 spiro atoms. The Morgan fingerprint density at radius 3 is 3.00 bits per heavy atom. The van der Waals surface area contributed by atoms with Crippen LogP contribution < -0.4 is 10.6 Å². The summed E-state index contributed by atoms with van der Waals surface area (Å²) in [4.78, 5) is 11.2. The molecule has 1 fully saturated rings. The molecule has 130 valence electrons. The van der Waals surface area contributed by atoms with Crippen LogP contribution in [0.15, 0.2) is 11.3 Å². The molecule has 0 bridgehead atoms. The van der Waals surface area contributed by atoms with Crippen LogP contribution in [0, 0.1) is 0 Å². The van der Waals surface area contributed by atoms with Crippen molar-refractivity contribution in [3.63, 3.8) is 0 Å². The highest BCUT2D eigenvalue weighted by molar-refractivity contribution is 5.79. The van der Waals surface area contributed by atoms with Gasteiger partial charge in [-0.15, -0.1) is 0 Å². The highest BCUT2D eigenvalue weighted by atomic mass is 16.5. The van der Waals surface area contributed by atoms with Gasteiger partial charge in [-0.2, -0.15) is 5.10 Å². The predicted octanol–water partition coefficient (Wildman–Crippen LogP) is -0.0206. The minimum atomic E-state index is 0.424. The van der Waals surface area contributed by atoms with E-state index in [0.717, 1.165) is 44.6 Å². The summed E-state index contributed by atoms with van der Waals surface area (Å²) < 4.78 is 7.25. The zero-order valence-corrected chi connectivity index (χ0v) is 14.6. The van der Waals surface area contributed by atoms with Crippen LogP contribution in [-0.4, -0.2) is 70.6 Å². The van der Waals surface area contributed by atoms with Gasteiger partial charge < -0.3 is 15.4 Å². The Labute approximate surface area is 138 Å². The van der Waals surface area contributed by atoms with E-state index in [1.165, 1.54) is 0 Å². The first kappa shape index (κ1) is 17.7. The maximum atomic E-state index is 5.50. The summed E-state index contributed by atoms with van der Waals surface area (Å²) >= 11 is 0. The van der Waals surface area contributed by atoms with Gasteiger partial charge >= 0.3 is 0 Å². The number of aliphatic imine (C=N–C) groups is 1. The summed E-state index contributed by atoms with van der Waals surface area (Å²) in [5.41, 5.74) is 0. The molecule has 0 aromatic carbocycles. The van der Waals surface area contributed by atoms with E-state index in [0.29, 0.717) is 18.6 Å². The Morgan fingerprint density at radius 1 is 1.52 bits per heavy atom. The molecule has 2 atom stereocenters. The fraction of sp³-hybridized carbons (Fsp3) is 0.800. The van der Waals surface area contributed by atoms with E-state index in [9.17, 15) is 0 Å². The average molecular weight is 323 g/mol. The van der Waals surface area contributed by atoms with Gasteiger partial charge in [-0.1, -0.05) is 0 Å². The molecule has 0 radical (unpaired) electrons. The van der Waals surface area contributed by atoms with Crippen LogP contribution in [0.5, 0.6) is 0 Å². The Hall–Kier alpha value is -1.67. The van der Waals surface area contributed by atoms with Crippen molar-refractivity contribution >= 4 is 5.96 Å². The summed E-state index contributed by atoms with van der Waals surface area (Å²) in [6.07, 6.45) is 1.55. The maximum absolute atomic E-state index is 5.50. The van der Waals surface area contributed by atoms with Gasteiger partial charge in [0.15, 0.2) is 5.96 Å². The lowest BCUT2D eigenvalue weighted by Crippen LogP contribution is -2.53. The van der Waals surface area contributed by atoms with Crippen LogP contribution >= 0.6 is 0 Å². The summed E-state index contributed by atoms with van der Waals surface area (Å²) in [6.45, 7) is 11.3. The third kappa shape index (κ3) is 5.18. The van der Waals surface area contributed by atoms with Gasteiger partial charge in [0.2, 0.25) is 0 Å². The molecular weight excluding hydrogens is 294 g/mol.